The first-order chi connectivity index (χ1) is 18.2. The molecule has 1 fully saturated rings. The van der Waals surface area contributed by atoms with Crippen molar-refractivity contribution < 1.29 is 0 Å². The fourth-order valence-electron chi connectivity index (χ4n) is 7.42. The molecule has 2 aliphatic carbocycles. The van der Waals surface area contributed by atoms with Crippen molar-refractivity contribution in [3.63, 3.8) is 0 Å². The maximum Gasteiger partial charge on any atom is 0.263 e. The molecule has 4 heteroatoms. The van der Waals surface area contributed by atoms with E-state index in [-0.39, 0.29) is 11.1 Å². The van der Waals surface area contributed by atoms with Crippen LogP contribution in [0.15, 0.2) is 88.5 Å². The van der Waals surface area contributed by atoms with Gasteiger partial charge in [-0.2, -0.15) is 0 Å². The minimum atomic E-state index is 0.000475. The Morgan fingerprint density at radius 1 is 0.595 bits per heavy atom. The molecule has 0 aliphatic heterocycles. The summed E-state index contributed by atoms with van der Waals surface area (Å²) in [6, 6.07) is 24.8. The van der Waals surface area contributed by atoms with Gasteiger partial charge in [0.2, 0.25) is 0 Å². The van der Waals surface area contributed by atoms with Gasteiger partial charge in [-0.3, -0.25) is 18.4 Å². The van der Waals surface area contributed by atoms with Gasteiger partial charge in [0.05, 0.1) is 22.1 Å². The van der Waals surface area contributed by atoms with Crippen LogP contribution in [-0.2, 0) is 0 Å². The summed E-state index contributed by atoms with van der Waals surface area (Å²) in [5.74, 6) is 1.03. The van der Waals surface area contributed by atoms with Crippen molar-refractivity contribution in [1.82, 2.24) is 8.80 Å². The molecule has 0 N–H and O–H groups in total. The number of hydrogen-bond donors (Lipinski definition) is 0. The van der Waals surface area contributed by atoms with Crippen molar-refractivity contribution in [2.75, 3.05) is 0 Å². The van der Waals surface area contributed by atoms with Gasteiger partial charge in [-0.1, -0.05) is 66.7 Å². The van der Waals surface area contributed by atoms with Gasteiger partial charge in [-0.25, -0.2) is 0 Å². The fraction of sp³-hybridized carbons (Fsp3) is 0.0909. The molecule has 10 rings (SSSR count). The number of aromatic nitrogens is 2. The zero-order valence-corrected chi connectivity index (χ0v) is 19.7. The summed E-state index contributed by atoms with van der Waals surface area (Å²) in [5, 5.41) is 8.08. The molecular formula is C33H18N2O2. The van der Waals surface area contributed by atoms with Gasteiger partial charge in [-0.15, -0.1) is 0 Å². The first kappa shape index (κ1) is 18.6. The first-order valence-corrected chi connectivity index (χ1v) is 12.9. The smallest absolute Gasteiger partial charge is 0.263 e. The molecule has 4 heterocycles. The van der Waals surface area contributed by atoms with E-state index in [1.54, 1.807) is 0 Å². The van der Waals surface area contributed by atoms with Crippen LogP contribution < -0.4 is 11.1 Å². The minimum absolute atomic E-state index is 0.000475. The van der Waals surface area contributed by atoms with Gasteiger partial charge in [0.1, 0.15) is 0 Å². The Morgan fingerprint density at radius 2 is 1.16 bits per heavy atom. The molecule has 0 radical (unpaired) electrons. The van der Waals surface area contributed by atoms with Crippen LogP contribution in [0.5, 0.6) is 0 Å². The quantitative estimate of drug-likeness (QED) is 0.230. The Labute approximate surface area is 209 Å². The van der Waals surface area contributed by atoms with Crippen molar-refractivity contribution in [2.45, 2.75) is 12.3 Å². The second-order valence-corrected chi connectivity index (χ2v) is 10.8. The highest BCUT2D eigenvalue weighted by molar-refractivity contribution is 6.24. The monoisotopic (exact) mass is 474 g/mol. The summed E-state index contributed by atoms with van der Waals surface area (Å²) in [6.45, 7) is 0. The number of pyridine rings is 2. The van der Waals surface area contributed by atoms with Crippen molar-refractivity contribution in [1.29, 1.82) is 0 Å². The Balaban J connectivity index is 1.50. The lowest BCUT2D eigenvalue weighted by atomic mass is 9.93. The third kappa shape index (κ3) is 1.95. The molecule has 0 bridgehead atoms. The SMILES string of the molecule is O=c1c2c(c3cccc4c5cc6c(cc5n1c34)c1cccc3c4ccccc4c(=O)n6c31)C1CC1C=C2. The zero-order valence-electron chi connectivity index (χ0n) is 19.7. The van der Waals surface area contributed by atoms with Crippen LogP contribution in [0.1, 0.15) is 23.5 Å². The van der Waals surface area contributed by atoms with Gasteiger partial charge < -0.3 is 0 Å². The lowest BCUT2D eigenvalue weighted by molar-refractivity contribution is 0.988. The molecule has 0 spiro atoms. The van der Waals surface area contributed by atoms with Crippen molar-refractivity contribution >= 4 is 71.2 Å². The zero-order chi connectivity index (χ0) is 24.2. The highest BCUT2D eigenvalue weighted by atomic mass is 16.1. The average molecular weight is 475 g/mol. The number of hydrogen-bond acceptors (Lipinski definition) is 2. The maximum atomic E-state index is 14.0. The van der Waals surface area contributed by atoms with Crippen molar-refractivity contribution in [3.05, 3.63) is 111 Å². The average Bonchev–Trinajstić information content (AvgIpc) is 3.57. The van der Waals surface area contributed by atoms with Gasteiger partial charge in [0.15, 0.2) is 0 Å². The molecule has 0 saturated heterocycles. The van der Waals surface area contributed by atoms with Crippen LogP contribution in [0.25, 0.3) is 71.2 Å². The van der Waals surface area contributed by atoms with Crippen LogP contribution in [0, 0.1) is 5.92 Å². The normalized spacial score (nSPS) is 18.8. The topological polar surface area (TPSA) is 43.0 Å². The first-order valence-electron chi connectivity index (χ1n) is 12.9. The second kappa shape index (κ2) is 5.81. The largest absolute Gasteiger partial charge is 0.275 e. The third-order valence-corrected chi connectivity index (χ3v) is 9.08. The third-order valence-electron chi connectivity index (χ3n) is 9.08. The second-order valence-electron chi connectivity index (χ2n) is 10.8. The predicted octanol–water partition coefficient (Wildman–Crippen LogP) is 6.68. The molecule has 37 heavy (non-hydrogen) atoms. The van der Waals surface area contributed by atoms with Crippen LogP contribution in [0.2, 0.25) is 0 Å². The van der Waals surface area contributed by atoms with Gasteiger partial charge in [0, 0.05) is 43.3 Å². The van der Waals surface area contributed by atoms with Crippen LogP contribution in [0.3, 0.4) is 0 Å². The lowest BCUT2D eigenvalue weighted by Gasteiger charge is -2.14. The number of fused-ring (bicyclic) bond motifs is 12. The summed E-state index contributed by atoms with van der Waals surface area (Å²) < 4.78 is 3.81. The van der Waals surface area contributed by atoms with E-state index >= 15 is 0 Å². The van der Waals surface area contributed by atoms with E-state index < -0.39 is 0 Å². The number of rotatable bonds is 0. The van der Waals surface area contributed by atoms with Gasteiger partial charge in [-0.05, 0) is 47.4 Å². The summed E-state index contributed by atoms with van der Waals surface area (Å²) in [6.07, 6.45) is 5.39. The maximum absolute atomic E-state index is 14.0. The predicted molar refractivity (Wildman–Crippen MR) is 151 cm³/mol. The van der Waals surface area contributed by atoms with Crippen LogP contribution in [-0.4, -0.2) is 8.80 Å². The van der Waals surface area contributed by atoms with Gasteiger partial charge in [0.25, 0.3) is 11.1 Å². The van der Waals surface area contributed by atoms with Crippen molar-refractivity contribution in [3.8, 4) is 0 Å². The minimum Gasteiger partial charge on any atom is -0.275 e. The summed E-state index contributed by atoms with van der Waals surface area (Å²) in [7, 11) is 0. The van der Waals surface area contributed by atoms with E-state index in [0.717, 1.165) is 71.8 Å². The van der Waals surface area contributed by atoms with Crippen molar-refractivity contribution in [2.24, 2.45) is 5.92 Å². The molecular weight excluding hydrogens is 456 g/mol. The summed E-state index contributed by atoms with van der Waals surface area (Å²) in [4.78, 5) is 27.8. The molecule has 4 aromatic carbocycles. The summed E-state index contributed by atoms with van der Waals surface area (Å²) >= 11 is 0. The molecule has 2 aliphatic rings. The van der Waals surface area contributed by atoms with E-state index in [9.17, 15) is 9.59 Å². The Morgan fingerprint density at radius 3 is 1.89 bits per heavy atom. The molecule has 2 unspecified atom stereocenters. The van der Waals surface area contributed by atoms with E-state index in [1.165, 1.54) is 10.9 Å². The molecule has 8 aromatic rings. The Kier molecular flexibility index (Phi) is 2.92. The number of benzene rings is 4. The fourth-order valence-corrected chi connectivity index (χ4v) is 7.42. The van der Waals surface area contributed by atoms with Gasteiger partial charge >= 0.3 is 0 Å². The van der Waals surface area contributed by atoms with E-state index in [0.29, 0.717) is 11.8 Å². The molecule has 4 nitrogen and oxygen atoms in total. The van der Waals surface area contributed by atoms with Crippen LogP contribution in [0.4, 0.5) is 0 Å². The molecule has 1 saturated carbocycles. The number of nitrogens with zero attached hydrogens (tertiary/aromatic N) is 2. The summed E-state index contributed by atoms with van der Waals surface area (Å²) in [5.41, 5.74) is 5.89. The highest BCUT2D eigenvalue weighted by Gasteiger charge is 2.42. The Hall–Kier alpha value is -4.70. The lowest BCUT2D eigenvalue weighted by Crippen LogP contribution is -2.19. The molecule has 4 aromatic heterocycles. The van der Waals surface area contributed by atoms with Crippen LogP contribution >= 0.6 is 0 Å². The molecule has 2 atom stereocenters. The highest BCUT2D eigenvalue weighted by Crippen LogP contribution is 2.54. The van der Waals surface area contributed by atoms with E-state index in [1.807, 2.05) is 33.1 Å². The van der Waals surface area contributed by atoms with E-state index in [2.05, 4.69) is 60.7 Å². The number of para-hydroxylation sites is 2. The standard InChI is InChI=1S/C33H18N2O2/c36-32-21-6-2-1-5-17(21)18-7-3-8-19-25-14-28-26(15-27(25)34(32)30(18)19)20-9-4-10-22-29-23(12-11-16-13-24(16)29)33(37)35(28)31(20)22/h1-12,14-16,24H,13H2. The molecule has 172 valence electrons. The number of allylic oxidation sites excluding steroid dienone is 1. The van der Waals surface area contributed by atoms with E-state index in [4.69, 9.17) is 0 Å². The Bertz CT molecular complexity index is 2500. The molecule has 0 amide bonds.